The molecule has 6 nitrogen and oxygen atoms in total. The van der Waals surface area contributed by atoms with E-state index in [1.807, 2.05) is 36.4 Å². The lowest BCUT2D eigenvalue weighted by Crippen LogP contribution is -2.10. The number of hydrogen-bond acceptors (Lipinski definition) is 4. The van der Waals surface area contributed by atoms with Crippen molar-refractivity contribution in [3.63, 3.8) is 0 Å². The third kappa shape index (κ3) is 6.05. The Morgan fingerprint density at radius 3 is 2.48 bits per heavy atom. The molecule has 0 saturated carbocycles. The highest BCUT2D eigenvalue weighted by Crippen LogP contribution is 2.25. The van der Waals surface area contributed by atoms with E-state index in [-0.39, 0.29) is 23.7 Å². The maximum atomic E-state index is 12.5. The monoisotopic (exact) mass is 463 g/mol. The number of amides is 1. The highest BCUT2D eigenvalue weighted by atomic mass is 35.5. The molecule has 1 amide bonds. The van der Waals surface area contributed by atoms with Crippen LogP contribution in [-0.4, -0.2) is 15.7 Å². The summed E-state index contributed by atoms with van der Waals surface area (Å²) >= 11 is 5.92. The van der Waals surface area contributed by atoms with E-state index in [4.69, 9.17) is 20.8 Å². The van der Waals surface area contributed by atoms with E-state index < -0.39 is 0 Å². The largest absolute Gasteiger partial charge is 0.486 e. The van der Waals surface area contributed by atoms with Crippen LogP contribution in [0.15, 0.2) is 77.5 Å². The number of anilines is 1. The summed E-state index contributed by atoms with van der Waals surface area (Å²) in [6.45, 7) is 7.32. The van der Waals surface area contributed by atoms with Crippen LogP contribution in [-0.2, 0) is 18.6 Å². The first-order valence-corrected chi connectivity index (χ1v) is 11.0. The molecule has 2 aromatic carbocycles. The fraction of sp³-hybridized carbons (Fsp3) is 0.231. The van der Waals surface area contributed by atoms with Crippen molar-refractivity contribution in [2.75, 3.05) is 5.32 Å². The molecule has 0 bridgehead atoms. The summed E-state index contributed by atoms with van der Waals surface area (Å²) in [5.74, 6) is 1.18. The molecule has 0 radical (unpaired) electrons. The second-order valence-electron chi connectivity index (χ2n) is 8.84. The van der Waals surface area contributed by atoms with Crippen molar-refractivity contribution in [3.05, 3.63) is 101 Å². The standard InChI is InChI=1S/C26H26ClN3O3/c1-26(2,3)19-6-10-22(11-7-19)32-17-23-12-13-24(33-23)25(31)29-21-14-28-30(16-21)15-18-4-8-20(27)9-5-18/h4-14,16H,15,17H2,1-3H3,(H,29,31). The molecular formula is C26H26ClN3O3. The Balaban J connectivity index is 1.31. The molecule has 2 aromatic heterocycles. The predicted molar refractivity (Wildman–Crippen MR) is 129 cm³/mol. The molecular weight excluding hydrogens is 438 g/mol. The number of ether oxygens (including phenoxy) is 1. The first-order chi connectivity index (χ1) is 15.8. The van der Waals surface area contributed by atoms with Gasteiger partial charge in [-0.15, -0.1) is 0 Å². The van der Waals surface area contributed by atoms with Crippen molar-refractivity contribution in [2.24, 2.45) is 0 Å². The molecule has 170 valence electrons. The van der Waals surface area contributed by atoms with E-state index >= 15 is 0 Å². The summed E-state index contributed by atoms with van der Waals surface area (Å²) in [6, 6.07) is 18.9. The molecule has 4 rings (SSSR count). The zero-order valence-corrected chi connectivity index (χ0v) is 19.6. The minimum absolute atomic E-state index is 0.0914. The van der Waals surface area contributed by atoms with E-state index in [0.717, 1.165) is 11.3 Å². The van der Waals surface area contributed by atoms with E-state index in [1.54, 1.807) is 29.2 Å². The van der Waals surface area contributed by atoms with Gasteiger partial charge < -0.3 is 14.5 Å². The smallest absolute Gasteiger partial charge is 0.291 e. The fourth-order valence-electron chi connectivity index (χ4n) is 3.27. The number of carbonyl (C=O) groups is 1. The zero-order chi connectivity index (χ0) is 23.4. The number of nitrogens with one attached hydrogen (secondary N) is 1. The van der Waals surface area contributed by atoms with Gasteiger partial charge in [0.2, 0.25) is 0 Å². The van der Waals surface area contributed by atoms with Gasteiger partial charge in [-0.05, 0) is 52.9 Å². The quantitative estimate of drug-likeness (QED) is 0.349. The molecule has 0 aliphatic carbocycles. The first kappa shape index (κ1) is 22.7. The molecule has 1 N–H and O–H groups in total. The van der Waals surface area contributed by atoms with Crippen molar-refractivity contribution < 1.29 is 13.9 Å². The Kier molecular flexibility index (Phi) is 6.56. The normalized spacial score (nSPS) is 11.4. The van der Waals surface area contributed by atoms with E-state index in [1.165, 1.54) is 5.56 Å². The second kappa shape index (κ2) is 9.55. The van der Waals surface area contributed by atoms with Crippen molar-refractivity contribution in [1.29, 1.82) is 0 Å². The molecule has 33 heavy (non-hydrogen) atoms. The van der Waals surface area contributed by atoms with Crippen LogP contribution in [0, 0.1) is 0 Å². The lowest BCUT2D eigenvalue weighted by molar-refractivity contribution is 0.0992. The molecule has 0 aliphatic rings. The number of aromatic nitrogens is 2. The molecule has 0 spiro atoms. The van der Waals surface area contributed by atoms with Gasteiger partial charge in [0.1, 0.15) is 18.1 Å². The third-order valence-corrected chi connectivity index (χ3v) is 5.39. The summed E-state index contributed by atoms with van der Waals surface area (Å²) in [5, 5.41) is 7.78. The van der Waals surface area contributed by atoms with Gasteiger partial charge in [0, 0.05) is 11.2 Å². The van der Waals surface area contributed by atoms with Crippen LogP contribution in [0.25, 0.3) is 0 Å². The van der Waals surface area contributed by atoms with Gasteiger partial charge in [0.05, 0.1) is 18.4 Å². The Hall–Kier alpha value is -3.51. The van der Waals surface area contributed by atoms with Crippen molar-refractivity contribution >= 4 is 23.2 Å². The van der Waals surface area contributed by atoms with E-state index in [9.17, 15) is 4.79 Å². The van der Waals surface area contributed by atoms with Crippen molar-refractivity contribution in [1.82, 2.24) is 9.78 Å². The topological polar surface area (TPSA) is 69.3 Å². The Bertz CT molecular complexity index is 1220. The van der Waals surface area contributed by atoms with Gasteiger partial charge in [0.15, 0.2) is 5.76 Å². The SMILES string of the molecule is CC(C)(C)c1ccc(OCc2ccc(C(=O)Nc3cnn(Cc4ccc(Cl)cc4)c3)o2)cc1. The number of halogens is 1. The summed E-state index contributed by atoms with van der Waals surface area (Å²) in [4.78, 5) is 12.5. The van der Waals surface area contributed by atoms with Crippen LogP contribution in [0.1, 0.15) is 48.2 Å². The minimum atomic E-state index is -0.346. The maximum absolute atomic E-state index is 12.5. The highest BCUT2D eigenvalue weighted by molar-refractivity contribution is 6.30. The lowest BCUT2D eigenvalue weighted by atomic mass is 9.87. The van der Waals surface area contributed by atoms with Gasteiger partial charge in [-0.2, -0.15) is 5.10 Å². The number of furan rings is 1. The third-order valence-electron chi connectivity index (χ3n) is 5.14. The van der Waals surface area contributed by atoms with Crippen LogP contribution in [0.3, 0.4) is 0 Å². The highest BCUT2D eigenvalue weighted by Gasteiger charge is 2.15. The summed E-state index contributed by atoms with van der Waals surface area (Å²) in [5.41, 5.74) is 2.98. The van der Waals surface area contributed by atoms with Crippen LogP contribution < -0.4 is 10.1 Å². The zero-order valence-electron chi connectivity index (χ0n) is 18.8. The van der Waals surface area contributed by atoms with Gasteiger partial charge in [-0.3, -0.25) is 9.48 Å². The summed E-state index contributed by atoms with van der Waals surface area (Å²) in [7, 11) is 0. The fourth-order valence-corrected chi connectivity index (χ4v) is 3.39. The first-order valence-electron chi connectivity index (χ1n) is 10.7. The van der Waals surface area contributed by atoms with Crippen LogP contribution >= 0.6 is 11.6 Å². The van der Waals surface area contributed by atoms with Crippen molar-refractivity contribution in [3.8, 4) is 5.75 Å². The Labute approximate surface area is 198 Å². The molecule has 4 aromatic rings. The minimum Gasteiger partial charge on any atom is -0.486 e. The van der Waals surface area contributed by atoms with Crippen LogP contribution in [0.2, 0.25) is 5.02 Å². The number of hydrogen-bond donors (Lipinski definition) is 1. The van der Waals surface area contributed by atoms with E-state index in [2.05, 4.69) is 43.3 Å². The van der Waals surface area contributed by atoms with E-state index in [0.29, 0.717) is 23.0 Å². The molecule has 0 atom stereocenters. The van der Waals surface area contributed by atoms with Gasteiger partial charge in [0.25, 0.3) is 5.91 Å². The summed E-state index contributed by atoms with van der Waals surface area (Å²) < 4.78 is 13.2. The molecule has 7 heteroatoms. The number of rotatable bonds is 7. The van der Waals surface area contributed by atoms with Crippen LogP contribution in [0.4, 0.5) is 5.69 Å². The maximum Gasteiger partial charge on any atom is 0.291 e. The molecule has 2 heterocycles. The van der Waals surface area contributed by atoms with Gasteiger partial charge in [-0.1, -0.05) is 56.6 Å². The number of carbonyl (C=O) groups excluding carboxylic acids is 1. The number of benzene rings is 2. The molecule has 0 aliphatic heterocycles. The summed E-state index contributed by atoms with van der Waals surface area (Å²) in [6.07, 6.45) is 3.36. The van der Waals surface area contributed by atoms with Gasteiger partial charge in [-0.25, -0.2) is 0 Å². The Morgan fingerprint density at radius 1 is 1.06 bits per heavy atom. The lowest BCUT2D eigenvalue weighted by Gasteiger charge is -2.19. The number of nitrogens with zero attached hydrogens (tertiary/aromatic N) is 2. The predicted octanol–water partition coefficient (Wildman–Crippen LogP) is 6.31. The Morgan fingerprint density at radius 2 is 1.79 bits per heavy atom. The van der Waals surface area contributed by atoms with Crippen LogP contribution in [0.5, 0.6) is 5.75 Å². The second-order valence-corrected chi connectivity index (χ2v) is 9.27. The molecule has 0 fully saturated rings. The van der Waals surface area contributed by atoms with Gasteiger partial charge >= 0.3 is 0 Å². The molecule has 0 unspecified atom stereocenters. The average molecular weight is 464 g/mol. The average Bonchev–Trinajstić information content (AvgIpc) is 3.43. The molecule has 0 saturated heterocycles. The van der Waals surface area contributed by atoms with Crippen molar-refractivity contribution in [2.45, 2.75) is 39.3 Å².